The Morgan fingerprint density at radius 2 is 1.76 bits per heavy atom. The number of nitriles is 2. The Hall–Kier alpha value is -3.68. The van der Waals surface area contributed by atoms with Gasteiger partial charge in [0.1, 0.15) is 22.8 Å². The van der Waals surface area contributed by atoms with Gasteiger partial charge in [-0.25, -0.2) is 0 Å². The molecule has 0 atom stereocenters. The number of azo groups is 1. The first-order valence-corrected chi connectivity index (χ1v) is 7.97. The van der Waals surface area contributed by atoms with E-state index in [0.29, 0.717) is 32.4 Å². The number of phenols is 1. The van der Waals surface area contributed by atoms with Crippen molar-refractivity contribution in [3.63, 3.8) is 0 Å². The Morgan fingerprint density at radius 1 is 1.00 bits per heavy atom. The minimum Gasteiger partial charge on any atom is -0.508 e. The number of nitrogens with zero attached hydrogens (tertiary/aromatic N) is 4. The summed E-state index contributed by atoms with van der Waals surface area (Å²) in [5, 5.41) is 37.2. The molecule has 0 saturated carbocycles. The van der Waals surface area contributed by atoms with Crippen LogP contribution in [0, 0.1) is 22.7 Å². The van der Waals surface area contributed by atoms with E-state index in [-0.39, 0.29) is 11.3 Å². The molecule has 25 heavy (non-hydrogen) atoms. The molecule has 0 aliphatic rings. The maximum absolute atomic E-state index is 9.67. The molecule has 0 radical (unpaired) electrons. The van der Waals surface area contributed by atoms with Gasteiger partial charge in [0.05, 0.1) is 11.3 Å². The summed E-state index contributed by atoms with van der Waals surface area (Å²) in [6.45, 7) is 0. The molecule has 6 nitrogen and oxygen atoms in total. The molecule has 0 unspecified atom stereocenters. The minimum absolute atomic E-state index is 0.0570. The summed E-state index contributed by atoms with van der Waals surface area (Å²) in [6.07, 6.45) is 0. The molecule has 0 aliphatic carbocycles. The van der Waals surface area contributed by atoms with Crippen LogP contribution in [0.25, 0.3) is 11.1 Å². The standard InChI is InChI=1S/C18H11N5OS/c19-9-15-17(11-2-1-3-14(24)8-11)16(10-20)25-18(15)23-22-13-6-4-12(21)5-7-13/h1-8,24H,21H2. The number of nitrogens with two attached hydrogens (primary N) is 1. The molecule has 0 aliphatic heterocycles. The van der Waals surface area contributed by atoms with Crippen molar-refractivity contribution in [2.24, 2.45) is 10.2 Å². The van der Waals surface area contributed by atoms with Gasteiger partial charge in [-0.1, -0.05) is 12.1 Å². The summed E-state index contributed by atoms with van der Waals surface area (Å²) in [4.78, 5) is 0.341. The van der Waals surface area contributed by atoms with Crippen LogP contribution in [-0.4, -0.2) is 5.11 Å². The summed E-state index contributed by atoms with van der Waals surface area (Å²) < 4.78 is 0. The number of aromatic hydroxyl groups is 1. The summed E-state index contributed by atoms with van der Waals surface area (Å²) in [7, 11) is 0. The van der Waals surface area contributed by atoms with Crippen LogP contribution in [0.2, 0.25) is 0 Å². The van der Waals surface area contributed by atoms with E-state index in [0.717, 1.165) is 11.3 Å². The highest BCUT2D eigenvalue weighted by Crippen LogP contribution is 2.42. The lowest BCUT2D eigenvalue weighted by molar-refractivity contribution is 0.475. The molecular weight excluding hydrogens is 334 g/mol. The van der Waals surface area contributed by atoms with Gasteiger partial charge in [-0.3, -0.25) is 0 Å². The van der Waals surface area contributed by atoms with E-state index >= 15 is 0 Å². The van der Waals surface area contributed by atoms with Crippen LogP contribution < -0.4 is 5.73 Å². The lowest BCUT2D eigenvalue weighted by atomic mass is 10.0. The lowest BCUT2D eigenvalue weighted by Crippen LogP contribution is -1.82. The van der Waals surface area contributed by atoms with Gasteiger partial charge in [-0.2, -0.15) is 10.5 Å². The van der Waals surface area contributed by atoms with Gasteiger partial charge in [-0.05, 0) is 42.0 Å². The number of nitrogen functional groups attached to an aromatic ring is 1. The normalized spacial score (nSPS) is 10.5. The third-order valence-corrected chi connectivity index (χ3v) is 4.37. The van der Waals surface area contributed by atoms with E-state index in [1.165, 1.54) is 12.1 Å². The third-order valence-electron chi connectivity index (χ3n) is 3.39. The number of anilines is 1. The molecule has 0 amide bonds. The zero-order valence-corrected chi connectivity index (χ0v) is 13.7. The van der Waals surface area contributed by atoms with Crippen LogP contribution in [-0.2, 0) is 0 Å². The lowest BCUT2D eigenvalue weighted by Gasteiger charge is -2.01. The van der Waals surface area contributed by atoms with Crippen LogP contribution in [0.3, 0.4) is 0 Å². The molecule has 2 aromatic carbocycles. The first-order chi connectivity index (χ1) is 12.1. The topological polar surface area (TPSA) is 119 Å². The van der Waals surface area contributed by atoms with Crippen LogP contribution in [0.4, 0.5) is 16.4 Å². The number of hydrogen-bond acceptors (Lipinski definition) is 7. The zero-order valence-electron chi connectivity index (χ0n) is 12.8. The number of hydrogen-bond donors (Lipinski definition) is 2. The third kappa shape index (κ3) is 3.32. The second-order valence-corrected chi connectivity index (χ2v) is 6.05. The van der Waals surface area contributed by atoms with Gasteiger partial charge in [0, 0.05) is 11.3 Å². The van der Waals surface area contributed by atoms with Gasteiger partial charge >= 0.3 is 0 Å². The van der Waals surface area contributed by atoms with Crippen molar-refractivity contribution in [1.82, 2.24) is 0 Å². The van der Waals surface area contributed by atoms with E-state index in [9.17, 15) is 15.6 Å². The average molecular weight is 345 g/mol. The second kappa shape index (κ2) is 6.83. The van der Waals surface area contributed by atoms with Crippen LogP contribution in [0.1, 0.15) is 10.4 Å². The van der Waals surface area contributed by atoms with Gasteiger partial charge in [-0.15, -0.1) is 21.6 Å². The van der Waals surface area contributed by atoms with Crippen LogP contribution in [0.15, 0.2) is 58.8 Å². The van der Waals surface area contributed by atoms with Crippen LogP contribution >= 0.6 is 11.3 Å². The second-order valence-electron chi connectivity index (χ2n) is 5.05. The predicted octanol–water partition coefficient (Wildman–Crippen LogP) is 4.86. The van der Waals surface area contributed by atoms with E-state index < -0.39 is 0 Å². The Labute approximate surface area is 147 Å². The summed E-state index contributed by atoms with van der Waals surface area (Å²) in [5.74, 6) is 0.0570. The van der Waals surface area contributed by atoms with Crippen molar-refractivity contribution in [3.8, 4) is 29.0 Å². The number of phenolic OH excluding ortho intramolecular Hbond substituents is 1. The molecule has 0 saturated heterocycles. The number of benzene rings is 2. The Morgan fingerprint density at radius 3 is 2.40 bits per heavy atom. The molecule has 7 heteroatoms. The molecule has 3 N–H and O–H groups in total. The summed E-state index contributed by atoms with van der Waals surface area (Å²) in [5.41, 5.74) is 8.12. The first-order valence-electron chi connectivity index (χ1n) is 7.16. The molecule has 3 aromatic rings. The minimum atomic E-state index is 0.0570. The largest absolute Gasteiger partial charge is 0.508 e. The zero-order chi connectivity index (χ0) is 17.8. The Bertz CT molecular complexity index is 1040. The highest BCUT2D eigenvalue weighted by molar-refractivity contribution is 7.17. The Balaban J connectivity index is 2.09. The SMILES string of the molecule is N#Cc1sc(N=Nc2ccc(N)cc2)c(C#N)c1-c1cccc(O)c1. The van der Waals surface area contributed by atoms with Crippen molar-refractivity contribution >= 4 is 27.7 Å². The fraction of sp³-hybridized carbons (Fsp3) is 0. The molecule has 1 aromatic heterocycles. The first kappa shape index (κ1) is 16.2. The fourth-order valence-electron chi connectivity index (χ4n) is 2.25. The van der Waals surface area contributed by atoms with Gasteiger partial charge < -0.3 is 10.8 Å². The molecule has 120 valence electrons. The maximum atomic E-state index is 9.67. The van der Waals surface area contributed by atoms with Crippen molar-refractivity contribution in [2.45, 2.75) is 0 Å². The molecule has 0 bridgehead atoms. The molecule has 0 spiro atoms. The average Bonchev–Trinajstić information content (AvgIpc) is 2.99. The van der Waals surface area contributed by atoms with Gasteiger partial charge in [0.2, 0.25) is 0 Å². The monoisotopic (exact) mass is 345 g/mol. The number of rotatable bonds is 3. The van der Waals surface area contributed by atoms with Gasteiger partial charge in [0.25, 0.3) is 0 Å². The van der Waals surface area contributed by atoms with Gasteiger partial charge in [0.15, 0.2) is 5.00 Å². The molecule has 1 heterocycles. The van der Waals surface area contributed by atoms with Crippen molar-refractivity contribution in [1.29, 1.82) is 10.5 Å². The van der Waals surface area contributed by atoms with Crippen molar-refractivity contribution < 1.29 is 5.11 Å². The van der Waals surface area contributed by atoms with Crippen molar-refractivity contribution in [2.75, 3.05) is 5.73 Å². The van der Waals surface area contributed by atoms with E-state index in [1.807, 2.05) is 0 Å². The smallest absolute Gasteiger partial charge is 0.158 e. The van der Waals surface area contributed by atoms with E-state index in [2.05, 4.69) is 22.4 Å². The van der Waals surface area contributed by atoms with Crippen LogP contribution in [0.5, 0.6) is 5.75 Å². The summed E-state index contributed by atoms with van der Waals surface area (Å²) in [6, 6.07) is 17.4. The van der Waals surface area contributed by atoms with Crippen molar-refractivity contribution in [3.05, 3.63) is 59.0 Å². The highest BCUT2D eigenvalue weighted by Gasteiger charge is 2.20. The maximum Gasteiger partial charge on any atom is 0.158 e. The van der Waals surface area contributed by atoms with E-state index in [1.54, 1.807) is 36.4 Å². The predicted molar refractivity (Wildman–Crippen MR) is 95.9 cm³/mol. The molecular formula is C18H11N5OS. The summed E-state index contributed by atoms with van der Waals surface area (Å²) >= 11 is 1.08. The molecule has 0 fully saturated rings. The quantitative estimate of drug-likeness (QED) is 0.520. The Kier molecular flexibility index (Phi) is 4.42. The fourth-order valence-corrected chi connectivity index (χ4v) is 3.15. The van der Waals surface area contributed by atoms with E-state index in [4.69, 9.17) is 5.73 Å². The molecule has 3 rings (SSSR count). The highest BCUT2D eigenvalue weighted by atomic mass is 32.1. The number of thiophene rings is 1.